The average Bonchev–Trinajstić information content (AvgIpc) is 3.34. The molecule has 1 unspecified atom stereocenters. The first-order valence-corrected chi connectivity index (χ1v) is 9.71. The first-order chi connectivity index (χ1) is 12.9. The number of carbonyl (C=O) groups excluding carboxylic acids is 3. The highest BCUT2D eigenvalue weighted by molar-refractivity contribution is 7.13. The van der Waals surface area contributed by atoms with E-state index in [-0.39, 0.29) is 6.54 Å². The van der Waals surface area contributed by atoms with E-state index in [9.17, 15) is 14.4 Å². The summed E-state index contributed by atoms with van der Waals surface area (Å²) in [6.45, 7) is 3.26. The monoisotopic (exact) mass is 384 g/mol. The van der Waals surface area contributed by atoms with Gasteiger partial charge in [0.25, 0.3) is 5.91 Å². The first-order valence-electron chi connectivity index (χ1n) is 8.83. The van der Waals surface area contributed by atoms with E-state index in [2.05, 4.69) is 15.6 Å². The number of nitrogens with zero attached hydrogens (tertiary/aromatic N) is 2. The van der Waals surface area contributed by atoms with Gasteiger partial charge in [-0.2, -0.15) is 0 Å². The Labute approximate surface area is 160 Å². The van der Waals surface area contributed by atoms with Crippen molar-refractivity contribution in [2.75, 3.05) is 11.9 Å². The van der Waals surface area contributed by atoms with E-state index in [1.54, 1.807) is 6.92 Å². The lowest BCUT2D eigenvalue weighted by molar-refractivity contribution is -0.133. The molecule has 4 amide bonds. The van der Waals surface area contributed by atoms with Crippen molar-refractivity contribution >= 4 is 34.3 Å². The lowest BCUT2D eigenvalue weighted by Crippen LogP contribution is -2.42. The zero-order valence-electron chi connectivity index (χ0n) is 15.1. The van der Waals surface area contributed by atoms with Crippen molar-refractivity contribution in [1.29, 1.82) is 0 Å². The van der Waals surface area contributed by atoms with Crippen molar-refractivity contribution < 1.29 is 14.4 Å². The van der Waals surface area contributed by atoms with Crippen LogP contribution < -0.4 is 10.6 Å². The van der Waals surface area contributed by atoms with Crippen LogP contribution in [0.5, 0.6) is 0 Å². The number of hydrogen-bond acceptors (Lipinski definition) is 5. The Morgan fingerprint density at radius 1 is 1.33 bits per heavy atom. The average molecular weight is 384 g/mol. The van der Waals surface area contributed by atoms with Crippen LogP contribution in [0.25, 0.3) is 0 Å². The maximum absolute atomic E-state index is 12.9. The maximum atomic E-state index is 12.9. The Morgan fingerprint density at radius 2 is 2.04 bits per heavy atom. The van der Waals surface area contributed by atoms with Crippen LogP contribution in [0.1, 0.15) is 42.5 Å². The van der Waals surface area contributed by atoms with Gasteiger partial charge in [0.2, 0.25) is 5.91 Å². The summed E-state index contributed by atoms with van der Waals surface area (Å²) in [6.07, 6.45) is 2.27. The number of aryl methyl sites for hydroxylation is 1. The zero-order chi connectivity index (χ0) is 19.2. The van der Waals surface area contributed by atoms with Crippen LogP contribution in [0.3, 0.4) is 0 Å². The van der Waals surface area contributed by atoms with E-state index < -0.39 is 23.4 Å². The highest BCUT2D eigenvalue weighted by atomic mass is 32.1. The molecule has 1 saturated carbocycles. The second kappa shape index (κ2) is 6.45. The molecule has 0 spiro atoms. The summed E-state index contributed by atoms with van der Waals surface area (Å²) in [5.74, 6) is -0.374. The second-order valence-corrected chi connectivity index (χ2v) is 8.07. The molecule has 1 aliphatic carbocycles. The summed E-state index contributed by atoms with van der Waals surface area (Å²) >= 11 is 1.36. The smallest absolute Gasteiger partial charge is 0.319 e. The van der Waals surface area contributed by atoms with Crippen molar-refractivity contribution in [2.24, 2.45) is 0 Å². The van der Waals surface area contributed by atoms with Gasteiger partial charge in [-0.25, -0.2) is 9.78 Å². The minimum absolute atomic E-state index is 0.343. The van der Waals surface area contributed by atoms with Crippen molar-refractivity contribution in [3.05, 3.63) is 46.5 Å². The minimum Gasteiger partial charge on any atom is -0.319 e. The molecule has 0 bridgehead atoms. The number of imide groups is 1. The van der Waals surface area contributed by atoms with Crippen LogP contribution >= 0.6 is 11.3 Å². The van der Waals surface area contributed by atoms with Gasteiger partial charge in [-0.1, -0.05) is 29.8 Å². The lowest BCUT2D eigenvalue weighted by Gasteiger charge is -2.22. The molecule has 1 aromatic carbocycles. The van der Waals surface area contributed by atoms with Gasteiger partial charge in [-0.05, 0) is 32.3 Å². The second-order valence-electron chi connectivity index (χ2n) is 7.21. The Kier molecular flexibility index (Phi) is 4.22. The molecular formula is C19H20N4O3S. The van der Waals surface area contributed by atoms with Crippen LogP contribution in [0.15, 0.2) is 29.6 Å². The topological polar surface area (TPSA) is 91.4 Å². The molecule has 2 aromatic rings. The molecule has 0 radical (unpaired) electrons. The predicted molar refractivity (Wildman–Crippen MR) is 101 cm³/mol. The Bertz CT molecular complexity index is 919. The van der Waals surface area contributed by atoms with Crippen molar-refractivity contribution in [1.82, 2.24) is 15.2 Å². The fourth-order valence-electron chi connectivity index (χ4n) is 3.14. The quantitative estimate of drug-likeness (QED) is 0.776. The summed E-state index contributed by atoms with van der Waals surface area (Å²) in [4.78, 5) is 42.9. The van der Waals surface area contributed by atoms with Crippen LogP contribution in [0.4, 0.5) is 9.93 Å². The third kappa shape index (κ3) is 3.32. The molecule has 2 heterocycles. The van der Waals surface area contributed by atoms with Crippen molar-refractivity contribution in [3.63, 3.8) is 0 Å². The zero-order valence-corrected chi connectivity index (χ0v) is 15.9. The van der Waals surface area contributed by atoms with Gasteiger partial charge in [-0.3, -0.25) is 14.5 Å². The van der Waals surface area contributed by atoms with E-state index in [0.717, 1.165) is 29.0 Å². The van der Waals surface area contributed by atoms with E-state index in [0.29, 0.717) is 16.6 Å². The third-order valence-corrected chi connectivity index (χ3v) is 5.75. The number of aromatic nitrogens is 1. The molecule has 2 fully saturated rings. The highest BCUT2D eigenvalue weighted by Crippen LogP contribution is 2.40. The standard InChI is InChI=1S/C19H20N4O3S/c1-11-3-7-13(8-4-11)19(2)16(25)23(18(26)22-19)9-15(24)21-17-20-14(10-27-17)12-5-6-12/h3-4,7-8,10,12H,5-6,9H2,1-2H3,(H,22,26)(H,20,21,24). The number of thiazole rings is 1. The predicted octanol–water partition coefficient (Wildman–Crippen LogP) is 2.73. The molecule has 4 rings (SSSR count). The van der Waals surface area contributed by atoms with Gasteiger partial charge in [0.15, 0.2) is 5.13 Å². The Morgan fingerprint density at radius 3 is 2.70 bits per heavy atom. The molecule has 7 nitrogen and oxygen atoms in total. The van der Waals surface area contributed by atoms with E-state index in [4.69, 9.17) is 0 Å². The molecular weight excluding hydrogens is 364 g/mol. The molecule has 8 heteroatoms. The third-order valence-electron chi connectivity index (χ3n) is 4.97. The van der Waals surface area contributed by atoms with E-state index >= 15 is 0 Å². The number of nitrogens with one attached hydrogen (secondary N) is 2. The molecule has 140 valence electrons. The normalized spacial score (nSPS) is 22.1. The van der Waals surface area contributed by atoms with Crippen molar-refractivity contribution in [3.8, 4) is 0 Å². The summed E-state index contributed by atoms with van der Waals surface area (Å²) < 4.78 is 0. The molecule has 1 saturated heterocycles. The van der Waals surface area contributed by atoms with Gasteiger partial charge < -0.3 is 10.6 Å². The number of hydrogen-bond donors (Lipinski definition) is 2. The molecule has 1 aromatic heterocycles. The molecule has 1 aliphatic heterocycles. The van der Waals surface area contributed by atoms with Gasteiger partial charge in [0.05, 0.1) is 5.69 Å². The van der Waals surface area contributed by atoms with Gasteiger partial charge >= 0.3 is 6.03 Å². The van der Waals surface area contributed by atoms with E-state index in [1.165, 1.54) is 11.3 Å². The number of carbonyl (C=O) groups is 3. The first kappa shape index (κ1) is 17.7. The number of urea groups is 1. The maximum Gasteiger partial charge on any atom is 0.325 e. The fourth-order valence-corrected chi connectivity index (χ4v) is 3.94. The largest absolute Gasteiger partial charge is 0.325 e. The summed E-state index contributed by atoms with van der Waals surface area (Å²) in [5, 5.41) is 7.82. The summed E-state index contributed by atoms with van der Waals surface area (Å²) in [6, 6.07) is 6.82. The summed E-state index contributed by atoms with van der Waals surface area (Å²) in [5.41, 5.74) is 1.57. The Hall–Kier alpha value is -2.74. The van der Waals surface area contributed by atoms with Gasteiger partial charge in [0, 0.05) is 11.3 Å². The summed E-state index contributed by atoms with van der Waals surface area (Å²) in [7, 11) is 0. The SMILES string of the molecule is Cc1ccc(C2(C)NC(=O)N(CC(=O)Nc3nc(C4CC4)cs3)C2=O)cc1. The molecule has 2 N–H and O–H groups in total. The number of benzene rings is 1. The van der Waals surface area contributed by atoms with Crippen LogP contribution in [0, 0.1) is 6.92 Å². The highest BCUT2D eigenvalue weighted by Gasteiger charge is 2.49. The van der Waals surface area contributed by atoms with Gasteiger partial charge in [0.1, 0.15) is 12.1 Å². The molecule has 2 aliphatic rings. The number of anilines is 1. The minimum atomic E-state index is -1.18. The van der Waals surface area contributed by atoms with Gasteiger partial charge in [-0.15, -0.1) is 11.3 Å². The molecule has 1 atom stereocenters. The van der Waals surface area contributed by atoms with Crippen LogP contribution in [0.2, 0.25) is 0 Å². The lowest BCUT2D eigenvalue weighted by atomic mass is 9.91. The van der Waals surface area contributed by atoms with Crippen molar-refractivity contribution in [2.45, 2.75) is 38.1 Å². The number of amides is 4. The van der Waals surface area contributed by atoms with Crippen LogP contribution in [-0.2, 0) is 15.1 Å². The molecule has 27 heavy (non-hydrogen) atoms. The fraction of sp³-hybridized carbons (Fsp3) is 0.368. The van der Waals surface area contributed by atoms with Crippen LogP contribution in [-0.4, -0.2) is 34.3 Å². The van der Waals surface area contributed by atoms with E-state index in [1.807, 2.05) is 36.6 Å². The number of rotatable bonds is 5. The Balaban J connectivity index is 1.45.